The van der Waals surface area contributed by atoms with E-state index < -0.39 is 0 Å². The van der Waals surface area contributed by atoms with E-state index in [2.05, 4.69) is 49.3 Å². The summed E-state index contributed by atoms with van der Waals surface area (Å²) in [4.78, 5) is 2.44. The molecule has 0 spiro atoms. The van der Waals surface area contributed by atoms with Crippen LogP contribution in [0.5, 0.6) is 0 Å². The highest BCUT2D eigenvalue weighted by atomic mass is 15.1. The van der Waals surface area contributed by atoms with Crippen LogP contribution in [-0.4, -0.2) is 19.6 Å². The highest BCUT2D eigenvalue weighted by Crippen LogP contribution is 2.32. The second-order valence-electron chi connectivity index (χ2n) is 5.08. The zero-order valence-corrected chi connectivity index (χ0v) is 11.3. The molecule has 0 aromatic heterocycles. The van der Waals surface area contributed by atoms with Gasteiger partial charge in [0.25, 0.3) is 0 Å². The second kappa shape index (κ2) is 5.44. The summed E-state index contributed by atoms with van der Waals surface area (Å²) in [7, 11) is 2.23. The Morgan fingerprint density at radius 1 is 1.41 bits per heavy atom. The van der Waals surface area contributed by atoms with Crippen molar-refractivity contribution in [1.29, 1.82) is 0 Å². The summed E-state index contributed by atoms with van der Waals surface area (Å²) in [5.74, 6) is 0. The molecular formula is C15H24N2. The van der Waals surface area contributed by atoms with Gasteiger partial charge in [0.2, 0.25) is 0 Å². The maximum atomic E-state index is 3.50. The molecule has 2 rings (SSSR count). The highest BCUT2D eigenvalue weighted by Gasteiger charge is 2.17. The van der Waals surface area contributed by atoms with Crippen LogP contribution >= 0.6 is 0 Å². The Morgan fingerprint density at radius 3 is 3.00 bits per heavy atom. The van der Waals surface area contributed by atoms with E-state index in [1.54, 1.807) is 0 Å². The highest BCUT2D eigenvalue weighted by molar-refractivity contribution is 5.67. The Morgan fingerprint density at radius 2 is 2.24 bits per heavy atom. The number of anilines is 2. The fraction of sp³-hybridized carbons (Fsp3) is 0.600. The smallest absolute Gasteiger partial charge is 0.0419 e. The molecule has 1 heterocycles. The van der Waals surface area contributed by atoms with Gasteiger partial charge in [0.1, 0.15) is 0 Å². The molecule has 0 aliphatic carbocycles. The average Bonchev–Trinajstić information content (AvgIpc) is 2.37. The van der Waals surface area contributed by atoms with Crippen molar-refractivity contribution in [2.45, 2.75) is 45.6 Å². The minimum absolute atomic E-state index is 0.619. The first-order valence-corrected chi connectivity index (χ1v) is 6.82. The van der Waals surface area contributed by atoms with Crippen molar-refractivity contribution in [3.05, 3.63) is 23.8 Å². The lowest BCUT2D eigenvalue weighted by atomic mass is 9.99. The zero-order chi connectivity index (χ0) is 12.3. The fourth-order valence-electron chi connectivity index (χ4n) is 2.67. The van der Waals surface area contributed by atoms with Crippen LogP contribution in [0.1, 0.15) is 38.7 Å². The minimum Gasteiger partial charge on any atom is -0.385 e. The molecule has 0 amide bonds. The summed E-state index contributed by atoms with van der Waals surface area (Å²) >= 11 is 0. The molecule has 0 radical (unpaired) electrons. The summed E-state index contributed by atoms with van der Waals surface area (Å²) in [6.45, 7) is 5.69. The first kappa shape index (κ1) is 12.3. The minimum atomic E-state index is 0.619. The molecule has 1 unspecified atom stereocenters. The van der Waals surface area contributed by atoms with Gasteiger partial charge < -0.3 is 10.2 Å². The van der Waals surface area contributed by atoms with E-state index >= 15 is 0 Å². The summed E-state index contributed by atoms with van der Waals surface area (Å²) in [6.07, 6.45) is 4.97. The van der Waals surface area contributed by atoms with E-state index in [4.69, 9.17) is 0 Å². The number of rotatable bonds is 4. The van der Waals surface area contributed by atoms with E-state index in [1.807, 2.05) is 0 Å². The monoisotopic (exact) mass is 232 g/mol. The van der Waals surface area contributed by atoms with Crippen LogP contribution in [0.25, 0.3) is 0 Å². The largest absolute Gasteiger partial charge is 0.385 e. The van der Waals surface area contributed by atoms with Crippen molar-refractivity contribution in [2.24, 2.45) is 0 Å². The van der Waals surface area contributed by atoms with Crippen molar-refractivity contribution < 1.29 is 0 Å². The van der Waals surface area contributed by atoms with Crippen molar-refractivity contribution >= 4 is 11.4 Å². The first-order valence-electron chi connectivity index (χ1n) is 6.82. The molecular weight excluding hydrogens is 208 g/mol. The van der Waals surface area contributed by atoms with Crippen LogP contribution < -0.4 is 10.2 Å². The Kier molecular flexibility index (Phi) is 3.93. The van der Waals surface area contributed by atoms with E-state index in [0.717, 1.165) is 6.54 Å². The molecule has 1 aromatic carbocycles. The van der Waals surface area contributed by atoms with Gasteiger partial charge in [-0.25, -0.2) is 0 Å². The molecule has 2 nitrogen and oxygen atoms in total. The van der Waals surface area contributed by atoms with E-state index in [-0.39, 0.29) is 0 Å². The van der Waals surface area contributed by atoms with Crippen LogP contribution in [0.4, 0.5) is 11.4 Å². The van der Waals surface area contributed by atoms with Crippen molar-refractivity contribution in [3.8, 4) is 0 Å². The van der Waals surface area contributed by atoms with Gasteiger partial charge in [-0.3, -0.25) is 0 Å². The second-order valence-corrected chi connectivity index (χ2v) is 5.08. The Balaban J connectivity index is 2.25. The van der Waals surface area contributed by atoms with Gasteiger partial charge in [-0.2, -0.15) is 0 Å². The van der Waals surface area contributed by atoms with Crippen LogP contribution in [0, 0.1) is 0 Å². The number of hydrogen-bond acceptors (Lipinski definition) is 2. The molecule has 1 aromatic rings. The SMILES string of the molecule is CCCC(C)N(C)c1cccc2c1CCCN2. The van der Waals surface area contributed by atoms with Crippen LogP contribution in [0.3, 0.4) is 0 Å². The lowest BCUT2D eigenvalue weighted by Gasteiger charge is -2.31. The van der Waals surface area contributed by atoms with E-state index in [9.17, 15) is 0 Å². The van der Waals surface area contributed by atoms with Gasteiger partial charge in [0.05, 0.1) is 0 Å². The molecule has 1 aliphatic heterocycles. The average molecular weight is 232 g/mol. The third-order valence-corrected chi connectivity index (χ3v) is 3.82. The summed E-state index contributed by atoms with van der Waals surface area (Å²) in [5.41, 5.74) is 4.25. The lowest BCUT2D eigenvalue weighted by molar-refractivity contribution is 0.613. The molecule has 94 valence electrons. The van der Waals surface area contributed by atoms with Crippen molar-refractivity contribution in [3.63, 3.8) is 0 Å². The Labute approximate surface area is 105 Å². The summed E-state index contributed by atoms with van der Waals surface area (Å²) in [6, 6.07) is 7.25. The molecule has 2 heteroatoms. The molecule has 1 aliphatic rings. The quantitative estimate of drug-likeness (QED) is 0.852. The van der Waals surface area contributed by atoms with Crippen molar-refractivity contribution in [2.75, 3.05) is 23.8 Å². The summed E-state index contributed by atoms with van der Waals surface area (Å²) in [5, 5.41) is 3.50. The summed E-state index contributed by atoms with van der Waals surface area (Å²) < 4.78 is 0. The van der Waals surface area contributed by atoms with E-state index in [0.29, 0.717) is 6.04 Å². The predicted molar refractivity (Wildman–Crippen MR) is 76.0 cm³/mol. The van der Waals surface area contributed by atoms with Crippen molar-refractivity contribution in [1.82, 2.24) is 0 Å². The predicted octanol–water partition coefficient (Wildman–Crippen LogP) is 3.67. The fourth-order valence-corrected chi connectivity index (χ4v) is 2.67. The van der Waals surface area contributed by atoms with Gasteiger partial charge in [-0.15, -0.1) is 0 Å². The Bertz CT molecular complexity index is 373. The van der Waals surface area contributed by atoms with Gasteiger partial charge in [-0.05, 0) is 43.9 Å². The number of nitrogens with zero attached hydrogens (tertiary/aromatic N) is 1. The lowest BCUT2D eigenvalue weighted by Crippen LogP contribution is -2.30. The molecule has 1 N–H and O–H groups in total. The molecule has 0 saturated carbocycles. The third kappa shape index (κ3) is 2.56. The molecule has 1 atom stereocenters. The van der Waals surface area contributed by atoms with Crippen LogP contribution in [-0.2, 0) is 6.42 Å². The normalized spacial score (nSPS) is 15.9. The standard InChI is InChI=1S/C15H24N2/c1-4-7-12(2)17(3)15-10-5-9-14-13(15)8-6-11-16-14/h5,9-10,12,16H,4,6-8,11H2,1-3H3. The number of nitrogens with one attached hydrogen (secondary N) is 1. The van der Waals surface area contributed by atoms with E-state index in [1.165, 1.54) is 42.6 Å². The first-order chi connectivity index (χ1) is 8.24. The number of fused-ring (bicyclic) bond motifs is 1. The number of benzene rings is 1. The Hall–Kier alpha value is -1.18. The van der Waals surface area contributed by atoms with Crippen LogP contribution in [0.15, 0.2) is 18.2 Å². The van der Waals surface area contributed by atoms with Gasteiger partial charge >= 0.3 is 0 Å². The van der Waals surface area contributed by atoms with Crippen LogP contribution in [0.2, 0.25) is 0 Å². The molecule has 0 saturated heterocycles. The topological polar surface area (TPSA) is 15.3 Å². The molecule has 0 fully saturated rings. The number of hydrogen-bond donors (Lipinski definition) is 1. The van der Waals surface area contributed by atoms with Gasteiger partial charge in [0, 0.05) is 31.0 Å². The van der Waals surface area contributed by atoms with Gasteiger partial charge in [0.15, 0.2) is 0 Å². The molecule has 17 heavy (non-hydrogen) atoms. The third-order valence-electron chi connectivity index (χ3n) is 3.82. The molecule has 0 bridgehead atoms. The zero-order valence-electron chi connectivity index (χ0n) is 11.3. The maximum absolute atomic E-state index is 3.50. The maximum Gasteiger partial charge on any atom is 0.0419 e. The van der Waals surface area contributed by atoms with Gasteiger partial charge in [-0.1, -0.05) is 19.4 Å².